The molecule has 10 heteroatoms. The van der Waals surface area contributed by atoms with Gasteiger partial charge in [-0.2, -0.15) is 8.42 Å². The number of halogens is 3. The molecule has 122 valence electrons. The molecule has 0 saturated carbocycles. The summed E-state index contributed by atoms with van der Waals surface area (Å²) in [6.07, 6.45) is 1.18. The number of carbonyl (C=O) groups is 1. The van der Waals surface area contributed by atoms with Crippen LogP contribution >= 0.6 is 34.8 Å². The number of hydrogen-bond acceptors (Lipinski definition) is 6. The summed E-state index contributed by atoms with van der Waals surface area (Å²) in [6, 6.07) is 3.74. The molecular formula is C13H9Cl3N2O4S. The van der Waals surface area contributed by atoms with Crippen LogP contribution in [0.15, 0.2) is 29.3 Å². The highest BCUT2D eigenvalue weighted by Crippen LogP contribution is 2.37. The number of aromatic nitrogens is 1. The highest BCUT2D eigenvalue weighted by atomic mass is 35.5. The van der Waals surface area contributed by atoms with Crippen molar-refractivity contribution >= 4 is 56.5 Å². The van der Waals surface area contributed by atoms with E-state index < -0.39 is 20.8 Å². The summed E-state index contributed by atoms with van der Waals surface area (Å²) >= 11 is 17.5. The second-order valence-corrected chi connectivity index (χ2v) is 7.10. The van der Waals surface area contributed by atoms with Crippen molar-refractivity contribution in [2.45, 2.75) is 11.8 Å². The molecule has 0 aliphatic rings. The van der Waals surface area contributed by atoms with Crippen molar-refractivity contribution in [1.82, 2.24) is 4.98 Å². The van der Waals surface area contributed by atoms with Gasteiger partial charge in [0.05, 0.1) is 15.6 Å². The van der Waals surface area contributed by atoms with Gasteiger partial charge in [-0.05, 0) is 25.1 Å². The van der Waals surface area contributed by atoms with Gasteiger partial charge in [0.2, 0.25) is 0 Å². The Morgan fingerprint density at radius 1 is 1.26 bits per heavy atom. The minimum absolute atomic E-state index is 0.0269. The second kappa shape index (κ2) is 6.52. The molecule has 2 aromatic rings. The Morgan fingerprint density at radius 2 is 1.91 bits per heavy atom. The molecule has 0 unspecified atom stereocenters. The van der Waals surface area contributed by atoms with Crippen LogP contribution < -0.4 is 9.92 Å². The number of pyridine rings is 1. The summed E-state index contributed by atoms with van der Waals surface area (Å²) in [5.74, 6) is -1.14. The highest BCUT2D eigenvalue weighted by molar-refractivity contribution is 7.87. The number of nitrogen functional groups attached to an aromatic ring is 1. The summed E-state index contributed by atoms with van der Waals surface area (Å²) in [6.45, 7) is 1.23. The minimum Gasteiger partial charge on any atom is -0.383 e. The Labute approximate surface area is 147 Å². The number of benzene rings is 1. The molecule has 1 aromatic carbocycles. The maximum atomic E-state index is 12.4. The van der Waals surface area contributed by atoms with Crippen LogP contribution in [0.25, 0.3) is 0 Å². The quantitative estimate of drug-likeness (QED) is 0.627. The fraction of sp³-hybridized carbons (Fsp3) is 0.0769. The van der Waals surface area contributed by atoms with Gasteiger partial charge >= 0.3 is 10.1 Å². The van der Waals surface area contributed by atoms with Gasteiger partial charge in [0.1, 0.15) is 15.7 Å². The lowest BCUT2D eigenvalue weighted by atomic mass is 10.1. The second-order valence-electron chi connectivity index (χ2n) is 4.37. The first-order chi connectivity index (χ1) is 10.6. The van der Waals surface area contributed by atoms with E-state index in [2.05, 4.69) is 4.98 Å². The Hall–Kier alpha value is -1.54. The molecule has 0 amide bonds. The molecule has 1 heterocycles. The van der Waals surface area contributed by atoms with Gasteiger partial charge in [-0.1, -0.05) is 34.8 Å². The fourth-order valence-corrected chi connectivity index (χ4v) is 3.36. The van der Waals surface area contributed by atoms with Gasteiger partial charge in [0, 0.05) is 6.20 Å². The number of carbonyl (C=O) groups excluding carboxylic acids is 1. The van der Waals surface area contributed by atoms with E-state index in [-0.39, 0.29) is 32.2 Å². The molecular weight excluding hydrogens is 387 g/mol. The van der Waals surface area contributed by atoms with Gasteiger partial charge in [-0.15, -0.1) is 0 Å². The first-order valence-corrected chi connectivity index (χ1v) is 8.52. The summed E-state index contributed by atoms with van der Waals surface area (Å²) in [4.78, 5) is 14.8. The van der Waals surface area contributed by atoms with Crippen LogP contribution in [0.2, 0.25) is 15.1 Å². The number of nitrogens with two attached hydrogens (primary N) is 1. The SMILES string of the molecule is CC(=O)c1ccc(Cl)c(Cl)c1OS(=O)(=O)c1cc(Cl)cnc1N. The Kier molecular flexibility index (Phi) is 5.05. The van der Waals surface area contributed by atoms with Crippen molar-refractivity contribution in [3.63, 3.8) is 0 Å². The van der Waals surface area contributed by atoms with Crippen LogP contribution in [-0.2, 0) is 10.1 Å². The predicted octanol–water partition coefficient (Wildman–Crippen LogP) is 3.59. The third kappa shape index (κ3) is 3.69. The van der Waals surface area contributed by atoms with Crippen LogP contribution in [0, 0.1) is 0 Å². The van der Waals surface area contributed by atoms with E-state index in [0.29, 0.717) is 0 Å². The lowest BCUT2D eigenvalue weighted by Gasteiger charge is -2.13. The van der Waals surface area contributed by atoms with Gasteiger partial charge in [0.25, 0.3) is 0 Å². The molecule has 0 atom stereocenters. The van der Waals surface area contributed by atoms with Crippen molar-refractivity contribution in [2.24, 2.45) is 0 Å². The fourth-order valence-electron chi connectivity index (χ4n) is 1.68. The normalized spacial score (nSPS) is 11.3. The minimum atomic E-state index is -4.43. The zero-order chi connectivity index (χ0) is 17.4. The summed E-state index contributed by atoms with van der Waals surface area (Å²) < 4.78 is 29.8. The standard InChI is InChI=1S/C13H9Cl3N2O4S/c1-6(19)8-2-3-9(15)11(16)12(8)22-23(20,21)10-4-7(14)5-18-13(10)17/h2-5H,1H3,(H2,17,18). The average Bonchev–Trinajstić information content (AvgIpc) is 2.46. The molecule has 0 bridgehead atoms. The van der Waals surface area contributed by atoms with Crippen molar-refractivity contribution in [1.29, 1.82) is 0 Å². The van der Waals surface area contributed by atoms with Crippen LogP contribution in [-0.4, -0.2) is 19.2 Å². The van der Waals surface area contributed by atoms with Gasteiger partial charge in [0.15, 0.2) is 11.5 Å². The summed E-state index contributed by atoms with van der Waals surface area (Å²) in [7, 11) is -4.43. The van der Waals surface area contributed by atoms with E-state index in [9.17, 15) is 13.2 Å². The molecule has 0 aliphatic carbocycles. The van der Waals surface area contributed by atoms with E-state index in [4.69, 9.17) is 44.7 Å². The third-order valence-corrected chi connectivity index (χ3v) is 4.99. The number of ketones is 1. The van der Waals surface area contributed by atoms with E-state index in [1.165, 1.54) is 25.3 Å². The molecule has 6 nitrogen and oxygen atoms in total. The lowest BCUT2D eigenvalue weighted by molar-refractivity contribution is 0.101. The van der Waals surface area contributed by atoms with Crippen molar-refractivity contribution in [2.75, 3.05) is 5.73 Å². The van der Waals surface area contributed by atoms with Crippen molar-refractivity contribution in [3.8, 4) is 5.75 Å². The van der Waals surface area contributed by atoms with Gasteiger partial charge in [-0.3, -0.25) is 4.79 Å². The van der Waals surface area contributed by atoms with Crippen molar-refractivity contribution in [3.05, 3.63) is 45.0 Å². The number of rotatable bonds is 4. The van der Waals surface area contributed by atoms with Crippen molar-refractivity contribution < 1.29 is 17.4 Å². The van der Waals surface area contributed by atoms with E-state index >= 15 is 0 Å². The predicted molar refractivity (Wildman–Crippen MR) is 87.9 cm³/mol. The molecule has 0 fully saturated rings. The molecule has 2 rings (SSSR count). The van der Waals surface area contributed by atoms with E-state index in [1.807, 2.05) is 0 Å². The molecule has 0 aliphatic heterocycles. The van der Waals surface area contributed by atoms with Crippen LogP contribution in [0.3, 0.4) is 0 Å². The topological polar surface area (TPSA) is 99.4 Å². The number of nitrogens with zero attached hydrogens (tertiary/aromatic N) is 1. The summed E-state index contributed by atoms with van der Waals surface area (Å²) in [5, 5.41) is -0.138. The third-order valence-electron chi connectivity index (χ3n) is 2.74. The summed E-state index contributed by atoms with van der Waals surface area (Å²) in [5.41, 5.74) is 5.50. The van der Waals surface area contributed by atoms with Crippen LogP contribution in [0.5, 0.6) is 5.75 Å². The molecule has 0 radical (unpaired) electrons. The number of hydrogen-bond donors (Lipinski definition) is 1. The molecule has 1 aromatic heterocycles. The first kappa shape index (κ1) is 17.8. The maximum absolute atomic E-state index is 12.4. The Morgan fingerprint density at radius 3 is 2.52 bits per heavy atom. The van der Waals surface area contributed by atoms with E-state index in [0.717, 1.165) is 6.07 Å². The average molecular weight is 396 g/mol. The highest BCUT2D eigenvalue weighted by Gasteiger charge is 2.26. The zero-order valence-corrected chi connectivity index (χ0v) is 14.6. The maximum Gasteiger partial charge on any atom is 0.343 e. The van der Waals surface area contributed by atoms with Gasteiger partial charge in [-0.25, -0.2) is 4.98 Å². The Balaban J connectivity index is 2.60. The molecule has 2 N–H and O–H groups in total. The lowest BCUT2D eigenvalue weighted by Crippen LogP contribution is -2.15. The largest absolute Gasteiger partial charge is 0.383 e. The van der Waals surface area contributed by atoms with Gasteiger partial charge < -0.3 is 9.92 Å². The monoisotopic (exact) mass is 394 g/mol. The first-order valence-electron chi connectivity index (χ1n) is 5.98. The molecule has 23 heavy (non-hydrogen) atoms. The van der Waals surface area contributed by atoms with Crippen LogP contribution in [0.4, 0.5) is 5.82 Å². The Bertz CT molecular complexity index is 900. The molecule has 0 spiro atoms. The zero-order valence-electron chi connectivity index (χ0n) is 11.5. The molecule has 0 saturated heterocycles. The number of anilines is 1. The smallest absolute Gasteiger partial charge is 0.343 e. The number of Topliss-reactive ketones (excluding diaryl/α,β-unsaturated/α-hetero) is 1. The van der Waals surface area contributed by atoms with E-state index in [1.54, 1.807) is 0 Å². The van der Waals surface area contributed by atoms with Crippen LogP contribution in [0.1, 0.15) is 17.3 Å².